The van der Waals surface area contributed by atoms with E-state index in [-0.39, 0.29) is 24.8 Å². The second-order valence-electron chi connectivity index (χ2n) is 7.11. The highest BCUT2D eigenvalue weighted by molar-refractivity contribution is 6.01. The summed E-state index contributed by atoms with van der Waals surface area (Å²) in [5.41, 5.74) is 0.660. The average molecular weight is 374 g/mol. The van der Waals surface area contributed by atoms with Crippen molar-refractivity contribution < 1.29 is 29.0 Å². The number of carboxylic acids is 1. The Bertz CT molecular complexity index is 779. The van der Waals surface area contributed by atoms with Crippen LogP contribution in [0, 0.1) is 5.92 Å². The fourth-order valence-corrected chi connectivity index (χ4v) is 4.01. The molecule has 0 bridgehead atoms. The molecule has 1 N–H and O–H groups in total. The van der Waals surface area contributed by atoms with Gasteiger partial charge in [-0.1, -0.05) is 0 Å². The van der Waals surface area contributed by atoms with E-state index in [9.17, 15) is 19.5 Å². The van der Waals surface area contributed by atoms with Crippen LogP contribution >= 0.6 is 0 Å². The fraction of sp³-hybridized carbons (Fsp3) is 0.526. The molecule has 2 saturated heterocycles. The summed E-state index contributed by atoms with van der Waals surface area (Å²) in [7, 11) is 0. The second kappa shape index (κ2) is 7.09. The smallest absolute Gasteiger partial charge is 0.326 e. The van der Waals surface area contributed by atoms with Crippen LogP contribution in [0.4, 0.5) is 5.69 Å². The maximum absolute atomic E-state index is 12.9. The van der Waals surface area contributed by atoms with Crippen LogP contribution in [0.15, 0.2) is 18.2 Å². The minimum Gasteiger partial charge on any atom is -0.486 e. The Labute approximate surface area is 156 Å². The first-order chi connectivity index (χ1) is 13.0. The minimum atomic E-state index is -0.976. The Morgan fingerprint density at radius 1 is 1.11 bits per heavy atom. The number of nitrogens with zero attached hydrogens (tertiary/aromatic N) is 2. The van der Waals surface area contributed by atoms with Gasteiger partial charge in [-0.15, -0.1) is 0 Å². The van der Waals surface area contributed by atoms with Gasteiger partial charge in [0.15, 0.2) is 11.5 Å². The van der Waals surface area contributed by atoms with E-state index >= 15 is 0 Å². The number of aliphatic carboxylic acids is 1. The predicted octanol–water partition coefficient (Wildman–Crippen LogP) is 1.28. The quantitative estimate of drug-likeness (QED) is 0.856. The number of benzene rings is 1. The van der Waals surface area contributed by atoms with Crippen LogP contribution in [0.3, 0.4) is 0 Å². The summed E-state index contributed by atoms with van der Waals surface area (Å²) < 4.78 is 11.1. The van der Waals surface area contributed by atoms with Crippen LogP contribution in [0.25, 0.3) is 0 Å². The molecule has 3 aliphatic heterocycles. The lowest BCUT2D eigenvalue weighted by atomic mass is 9.98. The first-order valence-electron chi connectivity index (χ1n) is 9.28. The van der Waals surface area contributed by atoms with Crippen molar-refractivity contribution >= 4 is 23.5 Å². The van der Waals surface area contributed by atoms with Gasteiger partial charge in [0, 0.05) is 31.3 Å². The Balaban J connectivity index is 1.50. The normalized spacial score (nSPS) is 24.8. The lowest BCUT2D eigenvalue weighted by Gasteiger charge is -2.34. The topological polar surface area (TPSA) is 96.4 Å². The van der Waals surface area contributed by atoms with Crippen molar-refractivity contribution in [1.29, 1.82) is 0 Å². The number of fused-ring (bicyclic) bond motifs is 1. The third-order valence-corrected chi connectivity index (χ3v) is 5.38. The number of carboxylic acid groups (broad SMARTS) is 1. The molecule has 2 amide bonds. The van der Waals surface area contributed by atoms with E-state index in [0.29, 0.717) is 43.4 Å². The summed E-state index contributed by atoms with van der Waals surface area (Å²) in [6.07, 6.45) is 2.15. The van der Waals surface area contributed by atoms with Crippen molar-refractivity contribution in [2.75, 3.05) is 31.2 Å². The number of ether oxygens (including phenoxy) is 2. The van der Waals surface area contributed by atoms with Gasteiger partial charge in [0.1, 0.15) is 19.3 Å². The van der Waals surface area contributed by atoms with E-state index in [1.54, 1.807) is 23.1 Å². The Morgan fingerprint density at radius 2 is 1.89 bits per heavy atom. The lowest BCUT2D eigenvalue weighted by molar-refractivity contribution is -0.153. The molecule has 0 saturated carbocycles. The molecule has 3 aliphatic rings. The van der Waals surface area contributed by atoms with Crippen molar-refractivity contribution in [2.24, 2.45) is 5.92 Å². The highest BCUT2D eigenvalue weighted by Crippen LogP contribution is 2.36. The van der Waals surface area contributed by atoms with Gasteiger partial charge in [0.25, 0.3) is 0 Å². The minimum absolute atomic E-state index is 0.0934. The first-order valence-corrected chi connectivity index (χ1v) is 9.28. The number of likely N-dealkylation sites (tertiary alicyclic amines) is 1. The molecule has 0 radical (unpaired) electrons. The average Bonchev–Trinajstić information content (AvgIpc) is 3.08. The SMILES string of the molecule is O=C(O)[C@H]1CCCCN1C(=O)C1CC(=O)N(c2ccc3c(c2)OCCO3)C1. The molecule has 8 heteroatoms. The lowest BCUT2D eigenvalue weighted by Crippen LogP contribution is -2.50. The third-order valence-electron chi connectivity index (χ3n) is 5.38. The van der Waals surface area contributed by atoms with E-state index in [2.05, 4.69) is 0 Å². The van der Waals surface area contributed by atoms with E-state index < -0.39 is 17.9 Å². The van der Waals surface area contributed by atoms with Crippen molar-refractivity contribution in [3.05, 3.63) is 18.2 Å². The van der Waals surface area contributed by atoms with Crippen LogP contribution in [-0.4, -0.2) is 60.1 Å². The largest absolute Gasteiger partial charge is 0.486 e. The number of carbonyl (C=O) groups is 3. The summed E-state index contributed by atoms with van der Waals surface area (Å²) in [6, 6.07) is 4.50. The number of rotatable bonds is 3. The summed E-state index contributed by atoms with van der Waals surface area (Å²) in [5, 5.41) is 9.40. The molecule has 8 nitrogen and oxygen atoms in total. The molecule has 0 aliphatic carbocycles. The zero-order valence-corrected chi connectivity index (χ0v) is 14.9. The summed E-state index contributed by atoms with van der Waals surface area (Å²) in [6.45, 7) is 1.63. The molecular formula is C19H22N2O6. The maximum atomic E-state index is 12.9. The van der Waals surface area contributed by atoms with Crippen molar-refractivity contribution in [3.63, 3.8) is 0 Å². The van der Waals surface area contributed by atoms with Gasteiger partial charge in [0.2, 0.25) is 11.8 Å². The van der Waals surface area contributed by atoms with Gasteiger partial charge in [0.05, 0.1) is 5.92 Å². The molecule has 1 unspecified atom stereocenters. The zero-order chi connectivity index (χ0) is 19.0. The highest BCUT2D eigenvalue weighted by atomic mass is 16.6. The van der Waals surface area contributed by atoms with Gasteiger partial charge >= 0.3 is 5.97 Å². The predicted molar refractivity (Wildman–Crippen MR) is 94.9 cm³/mol. The molecule has 1 aromatic carbocycles. The van der Waals surface area contributed by atoms with Crippen LogP contribution in [0.1, 0.15) is 25.7 Å². The fourth-order valence-electron chi connectivity index (χ4n) is 4.01. The van der Waals surface area contributed by atoms with Gasteiger partial charge in [-0.25, -0.2) is 4.79 Å². The third kappa shape index (κ3) is 3.31. The zero-order valence-electron chi connectivity index (χ0n) is 14.9. The van der Waals surface area contributed by atoms with Crippen molar-refractivity contribution in [1.82, 2.24) is 4.90 Å². The van der Waals surface area contributed by atoms with E-state index in [4.69, 9.17) is 9.47 Å². The number of hydrogen-bond donors (Lipinski definition) is 1. The number of hydrogen-bond acceptors (Lipinski definition) is 5. The molecule has 0 aromatic heterocycles. The second-order valence-corrected chi connectivity index (χ2v) is 7.11. The number of anilines is 1. The molecule has 144 valence electrons. The van der Waals surface area contributed by atoms with Crippen molar-refractivity contribution in [3.8, 4) is 11.5 Å². The van der Waals surface area contributed by atoms with Gasteiger partial charge < -0.3 is 24.4 Å². The summed E-state index contributed by atoms with van der Waals surface area (Å²) in [4.78, 5) is 39.9. The molecule has 3 heterocycles. The van der Waals surface area contributed by atoms with Crippen LogP contribution in [-0.2, 0) is 14.4 Å². The standard InChI is InChI=1S/C19H22N2O6/c22-17-9-12(18(23)20-6-2-1-3-14(20)19(24)25)11-21(17)13-4-5-15-16(10-13)27-8-7-26-15/h4-5,10,12,14H,1-3,6-9,11H2,(H,24,25)/t12?,14-/m1/s1. The van der Waals surface area contributed by atoms with E-state index in [1.165, 1.54) is 4.90 Å². The van der Waals surface area contributed by atoms with Gasteiger partial charge in [-0.05, 0) is 31.4 Å². The van der Waals surface area contributed by atoms with Crippen LogP contribution in [0.2, 0.25) is 0 Å². The molecule has 2 atom stereocenters. The molecular weight excluding hydrogens is 352 g/mol. The molecule has 27 heavy (non-hydrogen) atoms. The molecule has 4 rings (SSSR count). The Hall–Kier alpha value is -2.77. The number of piperidine rings is 1. The first kappa shape index (κ1) is 17.6. The van der Waals surface area contributed by atoms with Crippen LogP contribution < -0.4 is 14.4 Å². The maximum Gasteiger partial charge on any atom is 0.326 e. The van der Waals surface area contributed by atoms with Crippen molar-refractivity contribution in [2.45, 2.75) is 31.7 Å². The number of carbonyl (C=O) groups excluding carboxylic acids is 2. The summed E-state index contributed by atoms with van der Waals surface area (Å²) in [5.74, 6) is -0.656. The number of amides is 2. The molecule has 1 aromatic rings. The van der Waals surface area contributed by atoms with Gasteiger partial charge in [-0.3, -0.25) is 9.59 Å². The highest BCUT2D eigenvalue weighted by Gasteiger charge is 2.41. The Kier molecular flexibility index (Phi) is 4.63. The van der Waals surface area contributed by atoms with E-state index in [0.717, 1.165) is 12.8 Å². The monoisotopic (exact) mass is 374 g/mol. The molecule has 0 spiro atoms. The van der Waals surface area contributed by atoms with Gasteiger partial charge in [-0.2, -0.15) is 0 Å². The van der Waals surface area contributed by atoms with E-state index in [1.807, 2.05) is 0 Å². The Morgan fingerprint density at radius 3 is 2.67 bits per heavy atom. The molecule has 2 fully saturated rings. The summed E-state index contributed by atoms with van der Waals surface area (Å²) >= 11 is 0. The van der Waals surface area contributed by atoms with Crippen LogP contribution in [0.5, 0.6) is 11.5 Å².